The maximum Gasteiger partial charge on any atom is 0.307 e. The Morgan fingerprint density at radius 3 is 1.38 bits per heavy atom. The molecular formula is C2H2F2N2O2. The number of oxime groups is 2. The smallest absolute Gasteiger partial charge is 0.307 e. The number of hydrogen-bond donors (Lipinski definition) is 2. The van der Waals surface area contributed by atoms with Crippen molar-refractivity contribution in [2.45, 2.75) is 0 Å². The predicted molar refractivity (Wildman–Crippen MR) is 20.7 cm³/mol. The van der Waals surface area contributed by atoms with Crippen LogP contribution in [0.3, 0.4) is 0 Å². The van der Waals surface area contributed by atoms with Gasteiger partial charge in [0.25, 0.3) is 0 Å². The van der Waals surface area contributed by atoms with Crippen molar-refractivity contribution in [3.05, 3.63) is 0 Å². The molecule has 0 saturated heterocycles. The van der Waals surface area contributed by atoms with Crippen LogP contribution in [0.25, 0.3) is 0 Å². The molecule has 0 fully saturated rings. The molecule has 4 nitrogen and oxygen atoms in total. The van der Waals surface area contributed by atoms with Gasteiger partial charge in [-0.1, -0.05) is 10.3 Å². The van der Waals surface area contributed by atoms with Gasteiger partial charge < -0.3 is 10.4 Å². The quantitative estimate of drug-likeness (QED) is 0.303. The van der Waals surface area contributed by atoms with Crippen LogP contribution < -0.4 is 0 Å². The number of hydrogen-bond acceptors (Lipinski definition) is 4. The lowest BCUT2D eigenvalue weighted by molar-refractivity contribution is 0.303. The molecule has 0 atom stereocenters. The summed E-state index contributed by atoms with van der Waals surface area (Å²) in [7, 11) is 0. The van der Waals surface area contributed by atoms with Crippen molar-refractivity contribution in [1.29, 1.82) is 0 Å². The summed E-state index contributed by atoms with van der Waals surface area (Å²) in [6.07, 6.45) is 0. The summed E-state index contributed by atoms with van der Waals surface area (Å²) in [5.41, 5.74) is 0. The molecule has 0 rings (SSSR count). The van der Waals surface area contributed by atoms with Gasteiger partial charge in [0.1, 0.15) is 0 Å². The Morgan fingerprint density at radius 2 is 1.25 bits per heavy atom. The molecule has 0 spiro atoms. The largest absolute Gasteiger partial charge is 0.408 e. The Labute approximate surface area is 42.7 Å². The van der Waals surface area contributed by atoms with E-state index in [-0.39, 0.29) is 0 Å². The lowest BCUT2D eigenvalue weighted by atomic mass is 10.7. The van der Waals surface area contributed by atoms with Crippen LogP contribution in [0.15, 0.2) is 10.3 Å². The molecule has 8 heavy (non-hydrogen) atoms. The minimum absolute atomic E-state index is 1.74. The van der Waals surface area contributed by atoms with Crippen LogP contribution in [0.2, 0.25) is 0 Å². The van der Waals surface area contributed by atoms with Gasteiger partial charge in [0, 0.05) is 0 Å². The van der Waals surface area contributed by atoms with Crippen molar-refractivity contribution in [3.8, 4) is 0 Å². The Balaban J connectivity index is 4.04. The molecule has 2 N–H and O–H groups in total. The average molecular weight is 124 g/mol. The van der Waals surface area contributed by atoms with Crippen LogP contribution in [0.5, 0.6) is 0 Å². The number of halogens is 2. The summed E-state index contributed by atoms with van der Waals surface area (Å²) >= 11 is 0. The molecule has 0 aliphatic heterocycles. The summed E-state index contributed by atoms with van der Waals surface area (Å²) in [5.74, 6) is -3.71. The minimum Gasteiger partial charge on any atom is -0.408 e. The molecular weight excluding hydrogens is 122 g/mol. The standard InChI is InChI=1S/C2H2F2N2O2/c3-1(5-7)2(4)6-8/h7-8H/b5-1+,6-2+. The minimum atomic E-state index is -1.85. The number of nitrogens with zero attached hydrogens (tertiary/aromatic N) is 2. The van der Waals surface area contributed by atoms with E-state index in [0.717, 1.165) is 0 Å². The normalized spacial score (nSPS) is 14.2. The Morgan fingerprint density at radius 1 is 1.00 bits per heavy atom. The monoisotopic (exact) mass is 124 g/mol. The van der Waals surface area contributed by atoms with Gasteiger partial charge in [-0.05, 0) is 0 Å². The van der Waals surface area contributed by atoms with Crippen molar-refractivity contribution in [1.82, 2.24) is 0 Å². The third-order valence-corrected chi connectivity index (χ3v) is 0.346. The molecule has 0 unspecified atom stereocenters. The van der Waals surface area contributed by atoms with E-state index in [1.54, 1.807) is 10.3 Å². The van der Waals surface area contributed by atoms with Gasteiger partial charge in [-0.15, -0.1) is 0 Å². The van der Waals surface area contributed by atoms with E-state index in [4.69, 9.17) is 10.4 Å². The van der Waals surface area contributed by atoms with Gasteiger partial charge in [0.05, 0.1) is 0 Å². The molecule has 0 aromatic heterocycles. The summed E-state index contributed by atoms with van der Waals surface area (Å²) < 4.78 is 22.7. The Bertz CT molecular complexity index is 116. The Hall–Kier alpha value is -1.20. The maximum atomic E-state index is 11.4. The molecule has 6 heteroatoms. The molecule has 0 radical (unpaired) electrons. The lowest BCUT2D eigenvalue weighted by Crippen LogP contribution is -2.00. The average Bonchev–Trinajstić information content (AvgIpc) is 1.84. The third kappa shape index (κ3) is 1.50. The van der Waals surface area contributed by atoms with E-state index in [2.05, 4.69) is 0 Å². The fourth-order valence-corrected chi connectivity index (χ4v) is 0.0825. The highest BCUT2D eigenvalue weighted by Gasteiger charge is 2.05. The van der Waals surface area contributed by atoms with Crippen LogP contribution in [-0.4, -0.2) is 22.3 Å². The first-order valence-corrected chi connectivity index (χ1v) is 1.48. The molecule has 0 bridgehead atoms. The number of rotatable bonds is 1. The fraction of sp³-hybridized carbons (Fsp3) is 0. The van der Waals surface area contributed by atoms with E-state index in [9.17, 15) is 8.78 Å². The third-order valence-electron chi connectivity index (χ3n) is 0.346. The first-order valence-electron chi connectivity index (χ1n) is 1.48. The second-order valence-electron chi connectivity index (χ2n) is 0.782. The van der Waals surface area contributed by atoms with Gasteiger partial charge in [0.15, 0.2) is 0 Å². The van der Waals surface area contributed by atoms with Gasteiger partial charge in [-0.2, -0.15) is 8.78 Å². The highest BCUT2D eigenvalue weighted by molar-refractivity contribution is 6.33. The van der Waals surface area contributed by atoms with Crippen LogP contribution in [0.4, 0.5) is 8.78 Å². The summed E-state index contributed by atoms with van der Waals surface area (Å²) in [6.45, 7) is 0. The highest BCUT2D eigenvalue weighted by atomic mass is 19.2. The predicted octanol–water partition coefficient (Wildman–Crippen LogP) is 0.501. The van der Waals surface area contributed by atoms with Gasteiger partial charge in [0.2, 0.25) is 0 Å². The summed E-state index contributed by atoms with van der Waals surface area (Å²) in [5, 5.41) is 18.3. The molecule has 0 amide bonds. The van der Waals surface area contributed by atoms with E-state index >= 15 is 0 Å². The first kappa shape index (κ1) is 6.80. The van der Waals surface area contributed by atoms with E-state index in [1.165, 1.54) is 0 Å². The molecule has 0 aromatic carbocycles. The van der Waals surface area contributed by atoms with Crippen molar-refractivity contribution < 1.29 is 19.2 Å². The van der Waals surface area contributed by atoms with Gasteiger partial charge >= 0.3 is 11.9 Å². The zero-order valence-corrected chi connectivity index (χ0v) is 3.54. The van der Waals surface area contributed by atoms with E-state index < -0.39 is 11.9 Å². The zero-order chi connectivity index (χ0) is 6.57. The van der Waals surface area contributed by atoms with Crippen molar-refractivity contribution >= 4 is 11.9 Å². The Kier molecular flexibility index (Phi) is 2.46. The first-order chi connectivity index (χ1) is 3.72. The molecule has 46 valence electrons. The summed E-state index contributed by atoms with van der Waals surface area (Å²) in [6, 6.07) is 0. The molecule has 0 saturated carbocycles. The van der Waals surface area contributed by atoms with Crippen LogP contribution >= 0.6 is 0 Å². The van der Waals surface area contributed by atoms with Crippen LogP contribution in [0.1, 0.15) is 0 Å². The van der Waals surface area contributed by atoms with Crippen LogP contribution in [0, 0.1) is 0 Å². The maximum absolute atomic E-state index is 11.4. The second kappa shape index (κ2) is 2.89. The summed E-state index contributed by atoms with van der Waals surface area (Å²) in [4.78, 5) is 0. The fourth-order valence-electron chi connectivity index (χ4n) is 0.0825. The van der Waals surface area contributed by atoms with Crippen molar-refractivity contribution in [2.24, 2.45) is 10.3 Å². The van der Waals surface area contributed by atoms with Gasteiger partial charge in [-0.3, -0.25) is 0 Å². The topological polar surface area (TPSA) is 65.2 Å². The highest BCUT2D eigenvalue weighted by Crippen LogP contribution is 1.85. The van der Waals surface area contributed by atoms with E-state index in [1.807, 2.05) is 0 Å². The molecule has 0 aromatic rings. The molecule has 0 aliphatic carbocycles. The lowest BCUT2D eigenvalue weighted by Gasteiger charge is -1.80. The zero-order valence-electron chi connectivity index (χ0n) is 3.54. The SMILES string of the molecule is O/N=C(F)\C(F)=N/O. The molecule has 0 aliphatic rings. The van der Waals surface area contributed by atoms with Crippen molar-refractivity contribution in [3.63, 3.8) is 0 Å². The molecule has 0 heterocycles. The van der Waals surface area contributed by atoms with Gasteiger partial charge in [-0.25, -0.2) is 0 Å². The van der Waals surface area contributed by atoms with Crippen LogP contribution in [-0.2, 0) is 0 Å². The second-order valence-corrected chi connectivity index (χ2v) is 0.782. The van der Waals surface area contributed by atoms with E-state index in [0.29, 0.717) is 0 Å². The van der Waals surface area contributed by atoms with Crippen molar-refractivity contribution in [2.75, 3.05) is 0 Å².